The summed E-state index contributed by atoms with van der Waals surface area (Å²) in [5.74, 6) is 0.486. The first-order valence-electron chi connectivity index (χ1n) is 10.3. The summed E-state index contributed by atoms with van der Waals surface area (Å²) in [6.45, 7) is 12.4. The molecule has 0 saturated carbocycles. The number of aryl methyl sites for hydroxylation is 1. The van der Waals surface area contributed by atoms with Gasteiger partial charge in [0.1, 0.15) is 0 Å². The van der Waals surface area contributed by atoms with Gasteiger partial charge in [-0.1, -0.05) is 56.5 Å². The molecule has 1 amide bonds. The van der Waals surface area contributed by atoms with Gasteiger partial charge < -0.3 is 9.64 Å². The normalized spacial score (nSPS) is 16.4. The molecule has 1 saturated heterocycles. The van der Waals surface area contributed by atoms with Gasteiger partial charge in [0.05, 0.1) is 13.2 Å². The van der Waals surface area contributed by atoms with E-state index in [1.807, 2.05) is 0 Å². The summed E-state index contributed by atoms with van der Waals surface area (Å²) >= 11 is 0. The van der Waals surface area contributed by atoms with E-state index >= 15 is 0 Å². The number of hydrogen-bond acceptors (Lipinski definition) is 3. The lowest BCUT2D eigenvalue weighted by Gasteiger charge is -2.32. The van der Waals surface area contributed by atoms with Gasteiger partial charge in [0.2, 0.25) is 5.91 Å². The van der Waals surface area contributed by atoms with Crippen molar-refractivity contribution in [2.45, 2.75) is 53.0 Å². The van der Waals surface area contributed by atoms with Crippen molar-refractivity contribution in [2.24, 2.45) is 5.92 Å². The summed E-state index contributed by atoms with van der Waals surface area (Å²) in [7, 11) is 0. The molecular weight excluding hydrogens is 324 g/mol. The highest BCUT2D eigenvalue weighted by atomic mass is 16.5. The van der Waals surface area contributed by atoms with Crippen LogP contribution < -0.4 is 0 Å². The van der Waals surface area contributed by atoms with Gasteiger partial charge >= 0.3 is 0 Å². The van der Waals surface area contributed by atoms with Crippen LogP contribution in [0.3, 0.4) is 0 Å². The quantitative estimate of drug-likeness (QED) is 0.635. The highest BCUT2D eigenvalue weighted by Gasteiger charge is 2.23. The second-order valence-corrected chi connectivity index (χ2v) is 7.45. The van der Waals surface area contributed by atoms with Crippen LogP contribution in [0, 0.1) is 12.8 Å². The average Bonchev–Trinajstić information content (AvgIpc) is 2.68. The van der Waals surface area contributed by atoms with Gasteiger partial charge in [-0.15, -0.1) is 0 Å². The monoisotopic (exact) mass is 360 g/mol. The molecule has 1 unspecified atom stereocenters. The third kappa shape index (κ3) is 6.73. The molecule has 1 atom stereocenters. The molecule has 4 heteroatoms. The van der Waals surface area contributed by atoms with Gasteiger partial charge in [-0.2, -0.15) is 0 Å². The van der Waals surface area contributed by atoms with Gasteiger partial charge in [-0.25, -0.2) is 0 Å². The molecule has 0 aliphatic carbocycles. The van der Waals surface area contributed by atoms with Gasteiger partial charge in [0, 0.05) is 38.6 Å². The fourth-order valence-corrected chi connectivity index (χ4v) is 3.48. The van der Waals surface area contributed by atoms with Crippen LogP contribution in [0.15, 0.2) is 24.3 Å². The Balaban J connectivity index is 2.02. The number of amides is 1. The van der Waals surface area contributed by atoms with Crippen molar-refractivity contribution in [1.82, 2.24) is 9.80 Å². The third-order valence-corrected chi connectivity index (χ3v) is 5.34. The molecule has 1 heterocycles. The number of hydrogen-bond donors (Lipinski definition) is 0. The highest BCUT2D eigenvalue weighted by molar-refractivity contribution is 5.78. The first kappa shape index (κ1) is 20.9. The summed E-state index contributed by atoms with van der Waals surface area (Å²) in [5, 5.41) is 0. The number of carbonyl (C=O) groups is 1. The molecule has 4 nitrogen and oxygen atoms in total. The smallest absolute Gasteiger partial charge is 0.226 e. The number of morpholine rings is 1. The Bertz CT molecular complexity index is 523. The summed E-state index contributed by atoms with van der Waals surface area (Å²) < 4.78 is 5.44. The van der Waals surface area contributed by atoms with Crippen LogP contribution in [-0.4, -0.2) is 55.1 Å². The number of nitrogens with zero attached hydrogens (tertiary/aromatic N) is 2. The zero-order valence-corrected chi connectivity index (χ0v) is 16.9. The number of benzene rings is 1. The predicted octanol–water partition coefficient (Wildman–Crippen LogP) is 3.87. The van der Waals surface area contributed by atoms with E-state index in [2.05, 4.69) is 54.8 Å². The van der Waals surface area contributed by atoms with E-state index in [1.54, 1.807) is 0 Å². The SMILES string of the molecule is CCCCC(CC)C(=O)N(CCN1CCOCC1)Cc1ccc(C)cc1. The molecule has 0 N–H and O–H groups in total. The maximum Gasteiger partial charge on any atom is 0.226 e. The summed E-state index contributed by atoms with van der Waals surface area (Å²) in [5.41, 5.74) is 2.48. The van der Waals surface area contributed by atoms with E-state index in [0.717, 1.165) is 65.1 Å². The molecule has 1 fully saturated rings. The second-order valence-electron chi connectivity index (χ2n) is 7.45. The zero-order valence-electron chi connectivity index (χ0n) is 16.9. The third-order valence-electron chi connectivity index (χ3n) is 5.34. The number of rotatable bonds is 10. The summed E-state index contributed by atoms with van der Waals surface area (Å²) in [6, 6.07) is 8.57. The van der Waals surface area contributed by atoms with E-state index in [1.165, 1.54) is 11.1 Å². The predicted molar refractivity (Wildman–Crippen MR) is 107 cm³/mol. The maximum absolute atomic E-state index is 13.2. The Morgan fingerprint density at radius 3 is 2.50 bits per heavy atom. The van der Waals surface area contributed by atoms with Crippen molar-refractivity contribution >= 4 is 5.91 Å². The molecule has 0 aromatic heterocycles. The highest BCUT2D eigenvalue weighted by Crippen LogP contribution is 2.18. The van der Waals surface area contributed by atoms with Crippen LogP contribution >= 0.6 is 0 Å². The van der Waals surface area contributed by atoms with Crippen molar-refractivity contribution in [3.63, 3.8) is 0 Å². The number of unbranched alkanes of at least 4 members (excludes halogenated alkanes) is 1. The minimum atomic E-state index is 0.157. The molecule has 1 aromatic rings. The lowest BCUT2D eigenvalue weighted by Crippen LogP contribution is -2.44. The van der Waals surface area contributed by atoms with Crippen LogP contribution in [0.2, 0.25) is 0 Å². The largest absolute Gasteiger partial charge is 0.379 e. The van der Waals surface area contributed by atoms with Crippen LogP contribution in [0.1, 0.15) is 50.7 Å². The van der Waals surface area contributed by atoms with Crippen molar-refractivity contribution in [2.75, 3.05) is 39.4 Å². The second kappa shape index (κ2) is 11.3. The van der Waals surface area contributed by atoms with Crippen LogP contribution in [0.4, 0.5) is 0 Å². The maximum atomic E-state index is 13.2. The van der Waals surface area contributed by atoms with Gasteiger partial charge in [-0.05, 0) is 25.3 Å². The Morgan fingerprint density at radius 2 is 1.88 bits per heavy atom. The Kier molecular flexibility index (Phi) is 9.13. The van der Waals surface area contributed by atoms with E-state index < -0.39 is 0 Å². The lowest BCUT2D eigenvalue weighted by molar-refractivity contribution is -0.137. The summed E-state index contributed by atoms with van der Waals surface area (Å²) in [4.78, 5) is 17.7. The summed E-state index contributed by atoms with van der Waals surface area (Å²) in [6.07, 6.45) is 4.22. The molecule has 2 rings (SSSR count). The molecular formula is C22H36N2O2. The van der Waals surface area contributed by atoms with E-state index in [0.29, 0.717) is 12.5 Å². The van der Waals surface area contributed by atoms with Gasteiger partial charge in [0.25, 0.3) is 0 Å². The zero-order chi connectivity index (χ0) is 18.8. The number of ether oxygens (including phenoxy) is 1. The van der Waals surface area contributed by atoms with E-state index in [9.17, 15) is 4.79 Å². The van der Waals surface area contributed by atoms with Gasteiger partial charge in [-0.3, -0.25) is 9.69 Å². The molecule has 26 heavy (non-hydrogen) atoms. The Morgan fingerprint density at radius 1 is 1.19 bits per heavy atom. The molecule has 146 valence electrons. The van der Waals surface area contributed by atoms with Crippen LogP contribution in [0.25, 0.3) is 0 Å². The fourth-order valence-electron chi connectivity index (χ4n) is 3.48. The first-order valence-corrected chi connectivity index (χ1v) is 10.3. The fraction of sp³-hybridized carbons (Fsp3) is 0.682. The topological polar surface area (TPSA) is 32.8 Å². The first-order chi connectivity index (χ1) is 12.6. The van der Waals surface area contributed by atoms with E-state index in [-0.39, 0.29) is 5.92 Å². The van der Waals surface area contributed by atoms with Crippen LogP contribution in [-0.2, 0) is 16.1 Å². The Hall–Kier alpha value is -1.39. The van der Waals surface area contributed by atoms with Crippen molar-refractivity contribution in [3.8, 4) is 0 Å². The minimum Gasteiger partial charge on any atom is -0.379 e. The Labute approximate surface area is 159 Å². The van der Waals surface area contributed by atoms with Crippen molar-refractivity contribution in [3.05, 3.63) is 35.4 Å². The average molecular weight is 361 g/mol. The minimum absolute atomic E-state index is 0.157. The number of carbonyl (C=O) groups excluding carboxylic acids is 1. The van der Waals surface area contributed by atoms with Crippen LogP contribution in [0.5, 0.6) is 0 Å². The van der Waals surface area contributed by atoms with Crippen molar-refractivity contribution < 1.29 is 9.53 Å². The van der Waals surface area contributed by atoms with E-state index in [4.69, 9.17) is 4.74 Å². The molecule has 0 radical (unpaired) electrons. The molecule has 1 aromatic carbocycles. The molecule has 1 aliphatic rings. The molecule has 0 spiro atoms. The lowest BCUT2D eigenvalue weighted by atomic mass is 9.97. The molecule has 0 bridgehead atoms. The van der Waals surface area contributed by atoms with Crippen molar-refractivity contribution in [1.29, 1.82) is 0 Å². The van der Waals surface area contributed by atoms with Gasteiger partial charge in [0.15, 0.2) is 0 Å². The molecule has 1 aliphatic heterocycles. The standard InChI is InChI=1S/C22H36N2O2/c1-4-6-7-21(5-2)22(25)24(13-12-23-14-16-26-17-15-23)18-20-10-8-19(3)9-11-20/h8-11,21H,4-7,12-18H2,1-3H3.